The van der Waals surface area contributed by atoms with Crippen LogP contribution in [0.3, 0.4) is 0 Å². The van der Waals surface area contributed by atoms with Gasteiger partial charge in [0.05, 0.1) is 0 Å². The van der Waals surface area contributed by atoms with Crippen LogP contribution >= 0.6 is 0 Å². The van der Waals surface area contributed by atoms with E-state index in [1.165, 1.54) is 5.56 Å². The molecule has 0 bridgehead atoms. The van der Waals surface area contributed by atoms with E-state index in [1.807, 2.05) is 23.1 Å². The molecule has 3 N–H and O–H groups in total. The van der Waals surface area contributed by atoms with E-state index in [1.54, 1.807) is 18.2 Å². The van der Waals surface area contributed by atoms with Crippen molar-refractivity contribution in [2.24, 2.45) is 5.84 Å². The molecule has 1 unspecified atom stereocenters. The van der Waals surface area contributed by atoms with Gasteiger partial charge in [-0.15, -0.1) is 0 Å². The average Bonchev–Trinajstić information content (AvgIpc) is 2.54. The van der Waals surface area contributed by atoms with E-state index in [0.717, 1.165) is 18.5 Å². The Hall–Kier alpha value is -2.40. The van der Waals surface area contributed by atoms with E-state index >= 15 is 0 Å². The number of rotatable bonds is 2. The summed E-state index contributed by atoms with van der Waals surface area (Å²) in [6.07, 6.45) is 1.95. The molecule has 108 valence electrons. The maximum absolute atomic E-state index is 12.8. The fourth-order valence-electron chi connectivity index (χ4n) is 2.76. The second-order valence-corrected chi connectivity index (χ2v) is 5.24. The number of nitrogens with two attached hydrogens (primary N) is 1. The molecule has 2 aromatic rings. The zero-order valence-corrected chi connectivity index (χ0v) is 11.9. The van der Waals surface area contributed by atoms with Crippen LogP contribution in [0.25, 0.3) is 0 Å². The monoisotopic (exact) mass is 282 g/mol. The molecule has 3 rings (SSSR count). The first-order valence-corrected chi connectivity index (χ1v) is 7.06. The Morgan fingerprint density at radius 1 is 1.29 bits per heavy atom. The van der Waals surface area contributed by atoms with Crippen molar-refractivity contribution < 1.29 is 4.79 Å². The van der Waals surface area contributed by atoms with Gasteiger partial charge < -0.3 is 10.3 Å². The largest absolute Gasteiger partial charge is 0.308 e. The number of nitrogens with zero attached hydrogens (tertiary/aromatic N) is 2. The number of benzene rings is 1. The Morgan fingerprint density at radius 2 is 2.10 bits per heavy atom. The van der Waals surface area contributed by atoms with E-state index in [-0.39, 0.29) is 11.9 Å². The highest BCUT2D eigenvalue weighted by molar-refractivity contribution is 6.06. The van der Waals surface area contributed by atoms with Crippen LogP contribution in [0.5, 0.6) is 0 Å². The fourth-order valence-corrected chi connectivity index (χ4v) is 2.76. The van der Waals surface area contributed by atoms with Crippen LogP contribution in [0.15, 0.2) is 42.5 Å². The summed E-state index contributed by atoms with van der Waals surface area (Å²) in [5, 5.41) is 0. The number of para-hydroxylation sites is 1. The zero-order chi connectivity index (χ0) is 14.8. The second kappa shape index (κ2) is 5.54. The molecule has 1 aliphatic rings. The van der Waals surface area contributed by atoms with Crippen LogP contribution in [-0.4, -0.2) is 16.9 Å². The summed E-state index contributed by atoms with van der Waals surface area (Å²) in [4.78, 5) is 18.9. The van der Waals surface area contributed by atoms with E-state index < -0.39 is 0 Å². The van der Waals surface area contributed by atoms with Crippen molar-refractivity contribution in [3.63, 3.8) is 0 Å². The van der Waals surface area contributed by atoms with Crippen LogP contribution in [0.1, 0.15) is 29.4 Å². The lowest BCUT2D eigenvalue weighted by Crippen LogP contribution is -2.42. The summed E-state index contributed by atoms with van der Waals surface area (Å²) in [7, 11) is 0. The SMILES string of the molecule is CC1CCc2ccccc2N1C(=O)c1cccc(NN)n1. The molecule has 0 saturated carbocycles. The number of fused-ring (bicyclic) bond motifs is 1. The van der Waals surface area contributed by atoms with Gasteiger partial charge in [0.25, 0.3) is 5.91 Å². The van der Waals surface area contributed by atoms with Crippen molar-refractivity contribution in [1.82, 2.24) is 4.98 Å². The first-order chi connectivity index (χ1) is 10.2. The van der Waals surface area contributed by atoms with E-state index in [2.05, 4.69) is 23.4 Å². The molecule has 0 spiro atoms. The Labute approximate surface area is 123 Å². The normalized spacial score (nSPS) is 17.2. The van der Waals surface area contributed by atoms with Gasteiger partial charge in [0.1, 0.15) is 11.5 Å². The Bertz CT molecular complexity index is 671. The van der Waals surface area contributed by atoms with Gasteiger partial charge in [-0.25, -0.2) is 10.8 Å². The van der Waals surface area contributed by atoms with Crippen molar-refractivity contribution in [3.8, 4) is 0 Å². The maximum atomic E-state index is 12.8. The molecule has 21 heavy (non-hydrogen) atoms. The molecular weight excluding hydrogens is 264 g/mol. The highest BCUT2D eigenvalue weighted by atomic mass is 16.2. The Morgan fingerprint density at radius 3 is 2.90 bits per heavy atom. The standard InChI is InChI=1S/C16H18N4O/c1-11-9-10-12-5-2-3-7-14(12)20(11)16(21)13-6-4-8-15(18-13)19-17/h2-8,11H,9-10,17H2,1H3,(H,18,19). The zero-order valence-electron chi connectivity index (χ0n) is 11.9. The van der Waals surface area contributed by atoms with Gasteiger partial charge in [0.15, 0.2) is 0 Å². The third-order valence-electron chi connectivity index (χ3n) is 3.86. The number of nitrogen functional groups attached to an aromatic ring is 1. The van der Waals surface area contributed by atoms with Crippen molar-refractivity contribution in [2.75, 3.05) is 10.3 Å². The van der Waals surface area contributed by atoms with Crippen molar-refractivity contribution >= 4 is 17.4 Å². The quantitative estimate of drug-likeness (QED) is 0.655. The van der Waals surface area contributed by atoms with Crippen LogP contribution in [0.4, 0.5) is 11.5 Å². The van der Waals surface area contributed by atoms with Crippen molar-refractivity contribution in [1.29, 1.82) is 0 Å². The van der Waals surface area contributed by atoms with Gasteiger partial charge in [-0.3, -0.25) is 4.79 Å². The first kappa shape index (κ1) is 13.6. The molecule has 0 fully saturated rings. The molecule has 1 aliphatic heterocycles. The highest BCUT2D eigenvalue weighted by Gasteiger charge is 2.29. The number of amides is 1. The molecule has 5 nitrogen and oxygen atoms in total. The van der Waals surface area contributed by atoms with Crippen LogP contribution in [0, 0.1) is 0 Å². The molecule has 1 aromatic heterocycles. The molecule has 5 heteroatoms. The lowest BCUT2D eigenvalue weighted by Gasteiger charge is -2.35. The second-order valence-electron chi connectivity index (χ2n) is 5.24. The summed E-state index contributed by atoms with van der Waals surface area (Å²) >= 11 is 0. The number of pyridine rings is 1. The topological polar surface area (TPSA) is 71.2 Å². The molecular formula is C16H18N4O. The first-order valence-electron chi connectivity index (χ1n) is 7.06. The summed E-state index contributed by atoms with van der Waals surface area (Å²) in [5.74, 6) is 5.76. The molecule has 1 aromatic carbocycles. The number of hydrogen-bond acceptors (Lipinski definition) is 4. The van der Waals surface area contributed by atoms with Gasteiger partial charge in [0, 0.05) is 11.7 Å². The number of aryl methyl sites for hydroxylation is 1. The minimum Gasteiger partial charge on any atom is -0.308 e. The number of nitrogens with one attached hydrogen (secondary N) is 1. The Balaban J connectivity index is 2.00. The smallest absolute Gasteiger partial charge is 0.277 e. The molecule has 1 amide bonds. The van der Waals surface area contributed by atoms with Gasteiger partial charge >= 0.3 is 0 Å². The fraction of sp³-hybridized carbons (Fsp3) is 0.250. The number of carbonyl (C=O) groups is 1. The summed E-state index contributed by atoms with van der Waals surface area (Å²) in [6.45, 7) is 2.07. The third kappa shape index (κ3) is 2.48. The third-order valence-corrected chi connectivity index (χ3v) is 3.86. The number of hydrogen-bond donors (Lipinski definition) is 2. The minimum atomic E-state index is -0.0910. The molecule has 0 saturated heterocycles. The van der Waals surface area contributed by atoms with Gasteiger partial charge in [-0.05, 0) is 43.5 Å². The van der Waals surface area contributed by atoms with Crippen molar-refractivity contribution in [2.45, 2.75) is 25.8 Å². The van der Waals surface area contributed by atoms with E-state index in [4.69, 9.17) is 5.84 Å². The predicted molar refractivity (Wildman–Crippen MR) is 83.1 cm³/mol. The number of anilines is 2. The van der Waals surface area contributed by atoms with E-state index in [9.17, 15) is 4.79 Å². The molecule has 2 heterocycles. The summed E-state index contributed by atoms with van der Waals surface area (Å²) in [6, 6.07) is 13.4. The minimum absolute atomic E-state index is 0.0910. The predicted octanol–water partition coefficient (Wildman–Crippen LogP) is 2.35. The summed E-state index contributed by atoms with van der Waals surface area (Å²) < 4.78 is 0. The highest BCUT2D eigenvalue weighted by Crippen LogP contribution is 2.31. The summed E-state index contributed by atoms with van der Waals surface area (Å²) in [5.41, 5.74) is 5.06. The van der Waals surface area contributed by atoms with Gasteiger partial charge in [0.2, 0.25) is 0 Å². The van der Waals surface area contributed by atoms with Crippen LogP contribution < -0.4 is 16.2 Å². The average molecular weight is 282 g/mol. The van der Waals surface area contributed by atoms with Gasteiger partial charge in [-0.1, -0.05) is 24.3 Å². The number of carbonyl (C=O) groups excluding carboxylic acids is 1. The van der Waals surface area contributed by atoms with Gasteiger partial charge in [-0.2, -0.15) is 0 Å². The number of hydrazine groups is 1. The Kier molecular flexibility index (Phi) is 3.58. The number of aromatic nitrogens is 1. The lowest BCUT2D eigenvalue weighted by atomic mass is 9.96. The van der Waals surface area contributed by atoms with E-state index in [0.29, 0.717) is 11.5 Å². The molecule has 0 radical (unpaired) electrons. The molecule has 1 atom stereocenters. The molecule has 0 aliphatic carbocycles. The van der Waals surface area contributed by atoms with Crippen LogP contribution in [-0.2, 0) is 6.42 Å². The van der Waals surface area contributed by atoms with Crippen LogP contribution in [0.2, 0.25) is 0 Å². The maximum Gasteiger partial charge on any atom is 0.277 e. The van der Waals surface area contributed by atoms with Crippen molar-refractivity contribution in [3.05, 3.63) is 53.7 Å². The lowest BCUT2D eigenvalue weighted by molar-refractivity contribution is 0.0970.